The Balaban J connectivity index is 1.57. The van der Waals surface area contributed by atoms with Crippen LogP contribution in [0.1, 0.15) is 22.8 Å². The molecule has 0 radical (unpaired) electrons. The summed E-state index contributed by atoms with van der Waals surface area (Å²) in [5.74, 6) is -1.08. The first-order chi connectivity index (χ1) is 13.9. The van der Waals surface area contributed by atoms with Crippen LogP contribution in [0.5, 0.6) is 0 Å². The average molecular weight is 415 g/mol. The Labute approximate surface area is 173 Å². The number of carbonyl (C=O) groups is 2. The highest BCUT2D eigenvalue weighted by Crippen LogP contribution is 2.21. The van der Waals surface area contributed by atoms with E-state index in [1.165, 1.54) is 18.2 Å². The predicted octanol–water partition coefficient (Wildman–Crippen LogP) is 3.14. The molecule has 0 aliphatic carbocycles. The highest BCUT2D eigenvalue weighted by molar-refractivity contribution is 6.32. The Morgan fingerprint density at radius 3 is 2.48 bits per heavy atom. The van der Waals surface area contributed by atoms with Gasteiger partial charge in [-0.3, -0.25) is 14.5 Å². The van der Waals surface area contributed by atoms with Crippen LogP contribution >= 0.6 is 11.6 Å². The van der Waals surface area contributed by atoms with Crippen LogP contribution in [0.2, 0.25) is 5.02 Å². The molecule has 1 atom stereocenters. The largest absolute Gasteiger partial charge is 0.336 e. The number of piperazine rings is 1. The number of nitriles is 1. The van der Waals surface area contributed by atoms with Gasteiger partial charge in [-0.25, -0.2) is 4.39 Å². The minimum atomic E-state index is -0.534. The summed E-state index contributed by atoms with van der Waals surface area (Å²) in [4.78, 5) is 28.6. The van der Waals surface area contributed by atoms with Crippen LogP contribution in [0.15, 0.2) is 42.5 Å². The van der Waals surface area contributed by atoms with Crippen LogP contribution in [0.4, 0.5) is 10.1 Å². The smallest absolute Gasteiger partial charge is 0.256 e. The van der Waals surface area contributed by atoms with Crippen molar-refractivity contribution in [1.82, 2.24) is 9.80 Å². The van der Waals surface area contributed by atoms with E-state index < -0.39 is 11.9 Å². The molecular weight excluding hydrogens is 395 g/mol. The summed E-state index contributed by atoms with van der Waals surface area (Å²) in [6.07, 6.45) is 0. The number of halogens is 2. The van der Waals surface area contributed by atoms with Crippen molar-refractivity contribution in [3.8, 4) is 6.07 Å². The van der Waals surface area contributed by atoms with Crippen LogP contribution in [-0.2, 0) is 4.79 Å². The van der Waals surface area contributed by atoms with Gasteiger partial charge in [0, 0.05) is 31.9 Å². The number of anilines is 1. The highest BCUT2D eigenvalue weighted by Gasteiger charge is 2.28. The zero-order chi connectivity index (χ0) is 21.0. The number of amides is 2. The standard InChI is InChI=1S/C21H20ClFN4O2/c1-14(20(28)25-16-7-6-15(13-24)18(22)12-16)26-8-10-27(11-9-26)21(29)17-4-2-3-5-19(17)23/h2-7,12,14H,8-11H2,1H3,(H,25,28). The number of hydrogen-bond donors (Lipinski definition) is 1. The van der Waals surface area contributed by atoms with E-state index in [1.807, 2.05) is 11.0 Å². The molecule has 1 saturated heterocycles. The fourth-order valence-corrected chi connectivity index (χ4v) is 3.44. The molecule has 0 spiro atoms. The van der Waals surface area contributed by atoms with Crippen LogP contribution < -0.4 is 5.32 Å². The topological polar surface area (TPSA) is 76.4 Å². The number of carbonyl (C=O) groups excluding carboxylic acids is 2. The molecule has 6 nitrogen and oxygen atoms in total. The molecule has 29 heavy (non-hydrogen) atoms. The molecule has 0 saturated carbocycles. The lowest BCUT2D eigenvalue weighted by atomic mass is 10.1. The lowest BCUT2D eigenvalue weighted by Gasteiger charge is -2.37. The fraction of sp³-hybridized carbons (Fsp3) is 0.286. The van der Waals surface area contributed by atoms with Gasteiger partial charge in [-0.2, -0.15) is 5.26 Å². The summed E-state index contributed by atoms with van der Waals surface area (Å²) in [7, 11) is 0. The van der Waals surface area contributed by atoms with E-state index in [1.54, 1.807) is 36.1 Å². The third-order valence-corrected chi connectivity index (χ3v) is 5.30. The van der Waals surface area contributed by atoms with Gasteiger partial charge in [-0.1, -0.05) is 23.7 Å². The molecule has 8 heteroatoms. The van der Waals surface area contributed by atoms with Gasteiger partial charge < -0.3 is 10.2 Å². The maximum Gasteiger partial charge on any atom is 0.256 e. The molecule has 1 heterocycles. The molecule has 1 N–H and O–H groups in total. The van der Waals surface area contributed by atoms with E-state index in [0.29, 0.717) is 37.4 Å². The van der Waals surface area contributed by atoms with Crippen molar-refractivity contribution in [1.29, 1.82) is 5.26 Å². The number of benzene rings is 2. The van der Waals surface area contributed by atoms with E-state index in [9.17, 15) is 14.0 Å². The molecule has 3 rings (SSSR count). The van der Waals surface area contributed by atoms with E-state index in [0.717, 1.165) is 0 Å². The molecule has 1 aliphatic heterocycles. The number of rotatable bonds is 4. The fourth-order valence-electron chi connectivity index (χ4n) is 3.21. The van der Waals surface area contributed by atoms with Crippen molar-refractivity contribution in [3.05, 3.63) is 64.4 Å². The summed E-state index contributed by atoms with van der Waals surface area (Å²) in [6.45, 7) is 3.61. The first-order valence-electron chi connectivity index (χ1n) is 9.19. The van der Waals surface area contributed by atoms with Gasteiger partial charge in [0.15, 0.2) is 0 Å². The van der Waals surface area contributed by atoms with E-state index >= 15 is 0 Å². The summed E-state index contributed by atoms with van der Waals surface area (Å²) < 4.78 is 13.9. The molecular formula is C21H20ClFN4O2. The van der Waals surface area contributed by atoms with E-state index in [2.05, 4.69) is 5.32 Å². The van der Waals surface area contributed by atoms with Gasteiger partial charge in [-0.05, 0) is 37.3 Å². The highest BCUT2D eigenvalue weighted by atomic mass is 35.5. The second-order valence-corrected chi connectivity index (χ2v) is 7.19. The van der Waals surface area contributed by atoms with Gasteiger partial charge >= 0.3 is 0 Å². The quantitative estimate of drug-likeness (QED) is 0.833. The third kappa shape index (κ3) is 4.73. The zero-order valence-electron chi connectivity index (χ0n) is 15.9. The maximum atomic E-state index is 13.9. The number of nitrogens with zero attached hydrogens (tertiary/aromatic N) is 3. The van der Waals surface area contributed by atoms with Crippen molar-refractivity contribution >= 4 is 29.1 Å². The first kappa shape index (κ1) is 20.8. The van der Waals surface area contributed by atoms with Crippen LogP contribution in [-0.4, -0.2) is 53.8 Å². The van der Waals surface area contributed by atoms with Gasteiger partial charge in [0.2, 0.25) is 5.91 Å². The molecule has 2 amide bonds. The molecule has 2 aromatic carbocycles. The maximum absolute atomic E-state index is 13.9. The predicted molar refractivity (Wildman–Crippen MR) is 108 cm³/mol. The zero-order valence-corrected chi connectivity index (χ0v) is 16.6. The molecule has 2 aromatic rings. The minimum absolute atomic E-state index is 0.0597. The van der Waals surface area contributed by atoms with Gasteiger partial charge in [0.1, 0.15) is 11.9 Å². The Kier molecular flexibility index (Phi) is 6.47. The van der Waals surface area contributed by atoms with Crippen LogP contribution in [0, 0.1) is 17.1 Å². The van der Waals surface area contributed by atoms with Crippen molar-refractivity contribution in [2.75, 3.05) is 31.5 Å². The Morgan fingerprint density at radius 1 is 1.17 bits per heavy atom. The lowest BCUT2D eigenvalue weighted by Crippen LogP contribution is -2.54. The van der Waals surface area contributed by atoms with Gasteiger partial charge in [0.05, 0.1) is 22.2 Å². The minimum Gasteiger partial charge on any atom is -0.336 e. The second kappa shape index (κ2) is 9.03. The molecule has 150 valence electrons. The SMILES string of the molecule is CC(C(=O)Nc1ccc(C#N)c(Cl)c1)N1CCN(C(=O)c2ccccc2F)CC1. The first-order valence-corrected chi connectivity index (χ1v) is 9.57. The Morgan fingerprint density at radius 2 is 1.86 bits per heavy atom. The molecule has 1 fully saturated rings. The van der Waals surface area contributed by atoms with E-state index in [4.69, 9.17) is 16.9 Å². The molecule has 0 aromatic heterocycles. The van der Waals surface area contributed by atoms with Gasteiger partial charge in [0.25, 0.3) is 5.91 Å². The van der Waals surface area contributed by atoms with Crippen molar-refractivity contribution < 1.29 is 14.0 Å². The Bertz CT molecular complexity index is 967. The Hall–Kier alpha value is -2.95. The normalized spacial score (nSPS) is 15.4. The summed E-state index contributed by atoms with van der Waals surface area (Å²) in [5, 5.41) is 12.0. The third-order valence-electron chi connectivity index (χ3n) is 4.99. The van der Waals surface area contributed by atoms with E-state index in [-0.39, 0.29) is 22.4 Å². The summed E-state index contributed by atoms with van der Waals surface area (Å²) in [5.41, 5.74) is 0.914. The second-order valence-electron chi connectivity index (χ2n) is 6.78. The van der Waals surface area contributed by atoms with Crippen molar-refractivity contribution in [2.45, 2.75) is 13.0 Å². The number of hydrogen-bond acceptors (Lipinski definition) is 4. The van der Waals surface area contributed by atoms with Crippen LogP contribution in [0.25, 0.3) is 0 Å². The molecule has 0 bridgehead atoms. The average Bonchev–Trinajstić information content (AvgIpc) is 2.73. The van der Waals surface area contributed by atoms with Crippen molar-refractivity contribution in [3.63, 3.8) is 0 Å². The van der Waals surface area contributed by atoms with Crippen molar-refractivity contribution in [2.24, 2.45) is 0 Å². The monoisotopic (exact) mass is 414 g/mol. The van der Waals surface area contributed by atoms with Crippen LogP contribution in [0.3, 0.4) is 0 Å². The summed E-state index contributed by atoms with van der Waals surface area (Å²) >= 11 is 6.00. The van der Waals surface area contributed by atoms with Gasteiger partial charge in [-0.15, -0.1) is 0 Å². The molecule has 1 aliphatic rings. The summed E-state index contributed by atoms with van der Waals surface area (Å²) in [6, 6.07) is 12.2. The molecule has 1 unspecified atom stereocenters. The lowest BCUT2D eigenvalue weighted by molar-refractivity contribution is -0.121. The number of nitrogens with one attached hydrogen (secondary N) is 1.